The Hall–Kier alpha value is -0.590. The van der Waals surface area contributed by atoms with Crippen LogP contribution in [-0.4, -0.2) is 35.7 Å². The fraction of sp³-hybridized carbons (Fsp3) is 0.750. The van der Waals surface area contributed by atoms with E-state index in [2.05, 4.69) is 4.99 Å². The van der Waals surface area contributed by atoms with E-state index in [9.17, 15) is 9.18 Å². The van der Waals surface area contributed by atoms with Gasteiger partial charge in [-0.25, -0.2) is 4.39 Å². The van der Waals surface area contributed by atoms with Crippen LogP contribution in [0.1, 0.15) is 19.8 Å². The van der Waals surface area contributed by atoms with Crippen LogP contribution in [-0.2, 0) is 4.79 Å². The first-order valence-corrected chi connectivity index (χ1v) is 4.32. The highest BCUT2D eigenvalue weighted by molar-refractivity contribution is 5.85. The summed E-state index contributed by atoms with van der Waals surface area (Å²) in [7, 11) is 0. The molecule has 0 amide bonds. The first kappa shape index (κ1) is 20.8. The van der Waals surface area contributed by atoms with E-state index < -0.39 is 18.2 Å². The maximum Gasteiger partial charge on any atom is 0.320 e. The number of hydrogen-bond donors (Lipinski definition) is 3. The Balaban J connectivity index is -0.000000845. The first-order chi connectivity index (χ1) is 6.43. The smallest absolute Gasteiger partial charge is 0.320 e. The molecule has 0 saturated heterocycles. The maximum atomic E-state index is 13.0. The van der Waals surface area contributed by atoms with Crippen LogP contribution < -0.4 is 11.5 Å². The van der Waals surface area contributed by atoms with Gasteiger partial charge in [-0.15, -0.1) is 24.8 Å². The summed E-state index contributed by atoms with van der Waals surface area (Å²) in [6.07, 6.45) is -0.987. The number of carbonyl (C=O) groups is 1. The average molecular weight is 278 g/mol. The number of nitrogens with zero attached hydrogens (tertiary/aromatic N) is 1. The second-order valence-electron chi connectivity index (χ2n) is 3.10. The first-order valence-electron chi connectivity index (χ1n) is 4.32. The van der Waals surface area contributed by atoms with Crippen LogP contribution in [0.15, 0.2) is 4.99 Å². The van der Waals surface area contributed by atoms with E-state index in [0.29, 0.717) is 5.84 Å². The average Bonchev–Trinajstić information content (AvgIpc) is 2.10. The normalized spacial score (nSPS) is 14.3. The predicted octanol–water partition coefficient (Wildman–Crippen LogP) is 0.737. The molecule has 0 aromatic carbocycles. The van der Waals surface area contributed by atoms with Gasteiger partial charge in [0.05, 0.1) is 12.4 Å². The quantitative estimate of drug-likeness (QED) is 0.492. The van der Waals surface area contributed by atoms with Gasteiger partial charge in [0, 0.05) is 0 Å². The molecule has 16 heavy (non-hydrogen) atoms. The molecule has 1 unspecified atom stereocenters. The van der Waals surface area contributed by atoms with E-state index in [-0.39, 0.29) is 44.2 Å². The Labute approximate surface area is 106 Å². The summed E-state index contributed by atoms with van der Waals surface area (Å²) in [6.45, 7) is 1.53. The summed E-state index contributed by atoms with van der Waals surface area (Å²) in [5.74, 6) is -0.800. The van der Waals surface area contributed by atoms with Gasteiger partial charge in [-0.3, -0.25) is 9.79 Å². The van der Waals surface area contributed by atoms with Crippen molar-refractivity contribution in [1.82, 2.24) is 0 Å². The lowest BCUT2D eigenvalue weighted by Gasteiger charge is -2.08. The number of aliphatic carboxylic acids is 1. The molecule has 98 valence electrons. The lowest BCUT2D eigenvalue weighted by atomic mass is 10.1. The van der Waals surface area contributed by atoms with Crippen molar-refractivity contribution in [3.63, 3.8) is 0 Å². The van der Waals surface area contributed by atoms with Crippen LogP contribution in [0.2, 0.25) is 0 Å². The van der Waals surface area contributed by atoms with Crippen LogP contribution >= 0.6 is 24.8 Å². The van der Waals surface area contributed by atoms with Crippen molar-refractivity contribution in [2.75, 3.05) is 6.54 Å². The van der Waals surface area contributed by atoms with Crippen LogP contribution in [0.4, 0.5) is 4.39 Å². The van der Waals surface area contributed by atoms with Gasteiger partial charge in [0.1, 0.15) is 12.2 Å². The van der Waals surface area contributed by atoms with Crippen LogP contribution in [0.5, 0.6) is 0 Å². The molecule has 5 nitrogen and oxygen atoms in total. The molecule has 0 aliphatic heterocycles. The highest BCUT2D eigenvalue weighted by Gasteiger charge is 2.14. The zero-order valence-electron chi connectivity index (χ0n) is 8.93. The number of carboxylic acids is 1. The third kappa shape index (κ3) is 11.5. The second kappa shape index (κ2) is 10.9. The largest absolute Gasteiger partial charge is 0.480 e. The summed E-state index contributed by atoms with van der Waals surface area (Å²) in [4.78, 5) is 14.0. The van der Waals surface area contributed by atoms with Crippen LogP contribution in [0.25, 0.3) is 0 Å². The summed E-state index contributed by atoms with van der Waals surface area (Å²) in [6, 6.07) is -1.00. The molecule has 0 aromatic heterocycles. The molecule has 0 aliphatic rings. The molecule has 0 rings (SSSR count). The Bertz CT molecular complexity index is 225. The Morgan fingerprint density at radius 3 is 2.31 bits per heavy atom. The Kier molecular flexibility index (Phi) is 14.2. The number of aliphatic imine (C=N–C) groups is 1. The molecule has 0 spiro atoms. The highest BCUT2D eigenvalue weighted by atomic mass is 35.5. The molecule has 0 radical (unpaired) electrons. The van der Waals surface area contributed by atoms with Gasteiger partial charge in [0.15, 0.2) is 0 Å². The fourth-order valence-electron chi connectivity index (χ4n) is 0.818. The highest BCUT2D eigenvalue weighted by Crippen LogP contribution is 2.04. The van der Waals surface area contributed by atoms with Gasteiger partial charge in [-0.1, -0.05) is 0 Å². The molecule has 0 saturated carbocycles. The van der Waals surface area contributed by atoms with Crippen molar-refractivity contribution in [1.29, 1.82) is 0 Å². The molecule has 0 bridgehead atoms. The van der Waals surface area contributed by atoms with Crippen molar-refractivity contribution in [3.05, 3.63) is 0 Å². The lowest BCUT2D eigenvalue weighted by molar-refractivity contribution is -0.138. The third-order valence-electron chi connectivity index (χ3n) is 1.65. The van der Waals surface area contributed by atoms with E-state index in [1.807, 2.05) is 0 Å². The number of carboxylic acid groups (broad SMARTS) is 1. The second-order valence-corrected chi connectivity index (χ2v) is 3.10. The molecule has 0 fully saturated rings. The Morgan fingerprint density at radius 2 is 1.94 bits per heavy atom. The summed E-state index contributed by atoms with van der Waals surface area (Å²) in [5.41, 5.74) is 10.4. The Morgan fingerprint density at radius 1 is 1.44 bits per heavy atom. The van der Waals surface area contributed by atoms with Crippen molar-refractivity contribution in [2.45, 2.75) is 32.0 Å². The minimum Gasteiger partial charge on any atom is -0.480 e. The number of rotatable bonds is 6. The number of hydrogen-bond acceptors (Lipinski definition) is 3. The van der Waals surface area contributed by atoms with E-state index in [0.717, 1.165) is 0 Å². The molecule has 2 atom stereocenters. The number of nitrogens with two attached hydrogens (primary N) is 2. The standard InChI is InChI=1S/C8H16FN3O2.2ClH/c1-5(10)12-4-6(9)2-3-7(11)8(13)14;;/h6-7H,2-4,11H2,1H3,(H2,10,12)(H,13,14);2*1H/t6?,7-;;/m0../s1. The van der Waals surface area contributed by atoms with Gasteiger partial charge in [-0.2, -0.15) is 0 Å². The van der Waals surface area contributed by atoms with Crippen molar-refractivity contribution in [3.8, 4) is 0 Å². The topological polar surface area (TPSA) is 102 Å². The lowest BCUT2D eigenvalue weighted by Crippen LogP contribution is -2.31. The van der Waals surface area contributed by atoms with E-state index in [4.69, 9.17) is 16.6 Å². The summed E-state index contributed by atoms with van der Waals surface area (Å²) in [5, 5.41) is 8.42. The van der Waals surface area contributed by atoms with Gasteiger partial charge in [0.25, 0.3) is 0 Å². The van der Waals surface area contributed by atoms with Gasteiger partial charge < -0.3 is 16.6 Å². The molecular formula is C8H18Cl2FN3O2. The van der Waals surface area contributed by atoms with E-state index in [1.165, 1.54) is 0 Å². The van der Waals surface area contributed by atoms with Crippen molar-refractivity contribution in [2.24, 2.45) is 16.5 Å². The SMILES string of the molecule is CC(N)=NCC(F)CC[C@H](N)C(=O)O.Cl.Cl. The maximum absolute atomic E-state index is 13.0. The predicted molar refractivity (Wildman–Crippen MR) is 66.4 cm³/mol. The number of alkyl halides is 1. The van der Waals surface area contributed by atoms with Gasteiger partial charge in [-0.05, 0) is 19.8 Å². The van der Waals surface area contributed by atoms with Crippen molar-refractivity contribution < 1.29 is 14.3 Å². The minimum absolute atomic E-state index is 0. The van der Waals surface area contributed by atoms with E-state index >= 15 is 0 Å². The zero-order chi connectivity index (χ0) is 11.1. The molecular weight excluding hydrogens is 260 g/mol. The van der Waals surface area contributed by atoms with Gasteiger partial charge in [0.2, 0.25) is 0 Å². The number of halogens is 3. The van der Waals surface area contributed by atoms with Crippen molar-refractivity contribution >= 4 is 36.6 Å². The summed E-state index contributed by atoms with van der Waals surface area (Å²) < 4.78 is 13.0. The zero-order valence-corrected chi connectivity index (χ0v) is 10.6. The minimum atomic E-state index is -1.18. The molecule has 8 heteroatoms. The molecule has 0 aromatic rings. The van der Waals surface area contributed by atoms with Crippen LogP contribution in [0.3, 0.4) is 0 Å². The summed E-state index contributed by atoms with van der Waals surface area (Å²) >= 11 is 0. The van der Waals surface area contributed by atoms with Gasteiger partial charge >= 0.3 is 5.97 Å². The molecule has 0 aliphatic carbocycles. The number of amidine groups is 1. The molecule has 0 heterocycles. The monoisotopic (exact) mass is 277 g/mol. The third-order valence-corrected chi connectivity index (χ3v) is 1.65. The fourth-order valence-corrected chi connectivity index (χ4v) is 0.818. The molecule has 5 N–H and O–H groups in total. The van der Waals surface area contributed by atoms with E-state index in [1.54, 1.807) is 6.92 Å². The van der Waals surface area contributed by atoms with Crippen LogP contribution in [0, 0.1) is 0 Å².